The van der Waals surface area contributed by atoms with Gasteiger partial charge < -0.3 is 0 Å². The maximum absolute atomic E-state index is 4.59. The van der Waals surface area contributed by atoms with Gasteiger partial charge in [0.25, 0.3) is 0 Å². The van der Waals surface area contributed by atoms with Crippen LogP contribution in [0.5, 0.6) is 0 Å². The van der Waals surface area contributed by atoms with Crippen molar-refractivity contribution in [3.05, 3.63) is 213 Å². The molecule has 7 aromatic carbocycles. The molecule has 0 heterocycles. The molecule has 0 fully saturated rings. The highest BCUT2D eigenvalue weighted by molar-refractivity contribution is 6.03. The number of hydrogen-bond acceptors (Lipinski definition) is 1. The molecule has 0 N–H and O–H groups in total. The number of fused-ring (bicyclic) bond motifs is 20. The van der Waals surface area contributed by atoms with E-state index in [0.717, 1.165) is 6.42 Å². The van der Waals surface area contributed by atoms with Crippen molar-refractivity contribution < 1.29 is 0 Å². The van der Waals surface area contributed by atoms with E-state index in [0.29, 0.717) is 0 Å². The van der Waals surface area contributed by atoms with Gasteiger partial charge in [0, 0.05) is 18.8 Å². The fourth-order valence-corrected chi connectivity index (χ4v) is 10.3. The van der Waals surface area contributed by atoms with Crippen molar-refractivity contribution in [3.8, 4) is 33.4 Å². The standard InChI is InChI=1S/C47H31N/c1-48-28-30-14-12-24-42-44(30)45-35-27-29-13-2-3-15-31(29)32(35)25-26-43(45)47(42)40-22-10-8-20-38(40)46(39-21-9-11-23-41(39)47)36-18-6-4-16-33(36)34-17-5-7-19-37(34)46/h2-26,28H,27H2,1H3. The van der Waals surface area contributed by atoms with E-state index < -0.39 is 10.8 Å². The maximum atomic E-state index is 4.59. The Bertz CT molecular complexity index is 2470. The Balaban J connectivity index is 1.34. The first-order valence-corrected chi connectivity index (χ1v) is 17.0. The van der Waals surface area contributed by atoms with E-state index in [4.69, 9.17) is 0 Å². The van der Waals surface area contributed by atoms with Gasteiger partial charge in [-0.15, -0.1) is 0 Å². The monoisotopic (exact) mass is 609 g/mol. The van der Waals surface area contributed by atoms with Crippen molar-refractivity contribution in [1.29, 1.82) is 0 Å². The van der Waals surface area contributed by atoms with E-state index in [1.54, 1.807) is 0 Å². The minimum atomic E-state index is -0.489. The normalized spacial score (nSPS) is 15.8. The lowest BCUT2D eigenvalue weighted by molar-refractivity contribution is 0.632. The SMILES string of the molecule is CN=Cc1cccc2c1-c1c(ccc3c1Cc1ccccc1-3)C21c2ccccc2C2(c3ccccc3-c3ccccc32)c2ccccc21. The van der Waals surface area contributed by atoms with Crippen molar-refractivity contribution in [2.24, 2.45) is 4.99 Å². The third-order valence-corrected chi connectivity index (χ3v) is 11.8. The van der Waals surface area contributed by atoms with Crippen LogP contribution in [0.3, 0.4) is 0 Å². The molecular weight excluding hydrogens is 579 g/mol. The molecule has 0 saturated heterocycles. The smallest absolute Gasteiger partial charge is 0.0720 e. The molecule has 1 nitrogen and oxygen atoms in total. The van der Waals surface area contributed by atoms with Gasteiger partial charge in [-0.05, 0) is 95.4 Å². The molecule has 224 valence electrons. The van der Waals surface area contributed by atoms with Crippen molar-refractivity contribution in [2.45, 2.75) is 17.3 Å². The van der Waals surface area contributed by atoms with Gasteiger partial charge in [-0.3, -0.25) is 4.99 Å². The van der Waals surface area contributed by atoms with E-state index in [2.05, 4.69) is 163 Å². The van der Waals surface area contributed by atoms with Gasteiger partial charge in [0.15, 0.2) is 0 Å². The summed E-state index contributed by atoms with van der Waals surface area (Å²) in [6.07, 6.45) is 3.00. The number of hydrogen-bond donors (Lipinski definition) is 0. The molecule has 7 aromatic rings. The predicted molar refractivity (Wildman–Crippen MR) is 196 cm³/mol. The van der Waals surface area contributed by atoms with Crippen LogP contribution < -0.4 is 0 Å². The molecule has 4 aliphatic carbocycles. The largest absolute Gasteiger partial charge is 0.296 e. The molecule has 0 atom stereocenters. The van der Waals surface area contributed by atoms with Gasteiger partial charge in [-0.25, -0.2) is 0 Å². The second kappa shape index (κ2) is 9.18. The zero-order valence-electron chi connectivity index (χ0n) is 26.7. The Morgan fingerprint density at radius 1 is 0.417 bits per heavy atom. The van der Waals surface area contributed by atoms with Gasteiger partial charge in [0.1, 0.15) is 0 Å². The van der Waals surface area contributed by atoms with Crippen LogP contribution >= 0.6 is 0 Å². The lowest BCUT2D eigenvalue weighted by Gasteiger charge is -2.48. The molecular formula is C47H31N. The summed E-state index contributed by atoms with van der Waals surface area (Å²) in [5, 5.41) is 0. The predicted octanol–water partition coefficient (Wildman–Crippen LogP) is 10.3. The van der Waals surface area contributed by atoms with Crippen LogP contribution in [0.4, 0.5) is 0 Å². The zero-order valence-corrected chi connectivity index (χ0v) is 26.7. The molecule has 0 unspecified atom stereocenters. The maximum Gasteiger partial charge on any atom is 0.0720 e. The molecule has 1 heteroatoms. The second-order valence-electron chi connectivity index (χ2n) is 13.7. The fourth-order valence-electron chi connectivity index (χ4n) is 10.3. The minimum absolute atomic E-state index is 0.427. The quantitative estimate of drug-likeness (QED) is 0.164. The van der Waals surface area contributed by atoms with Crippen LogP contribution in [0.25, 0.3) is 33.4 Å². The summed E-state index contributed by atoms with van der Waals surface area (Å²) in [6, 6.07) is 57.6. The summed E-state index contributed by atoms with van der Waals surface area (Å²) in [5.74, 6) is 0. The van der Waals surface area contributed by atoms with E-state index in [-0.39, 0.29) is 0 Å². The first-order valence-electron chi connectivity index (χ1n) is 17.0. The van der Waals surface area contributed by atoms with Crippen molar-refractivity contribution in [3.63, 3.8) is 0 Å². The molecule has 48 heavy (non-hydrogen) atoms. The Hall–Kier alpha value is -5.79. The summed E-state index contributed by atoms with van der Waals surface area (Å²) in [5.41, 5.74) is 22.2. The summed E-state index contributed by atoms with van der Waals surface area (Å²) < 4.78 is 0. The van der Waals surface area contributed by atoms with E-state index in [9.17, 15) is 0 Å². The fraction of sp³-hybridized carbons (Fsp3) is 0.0851. The highest BCUT2D eigenvalue weighted by Gasteiger charge is 2.59. The van der Waals surface area contributed by atoms with E-state index in [1.807, 2.05) is 7.05 Å². The molecule has 4 aliphatic rings. The molecule has 2 spiro atoms. The van der Waals surface area contributed by atoms with Crippen molar-refractivity contribution in [1.82, 2.24) is 0 Å². The molecule has 0 saturated carbocycles. The summed E-state index contributed by atoms with van der Waals surface area (Å²) in [7, 11) is 1.89. The minimum Gasteiger partial charge on any atom is -0.296 e. The summed E-state index contributed by atoms with van der Waals surface area (Å²) >= 11 is 0. The molecule has 0 amide bonds. The molecule has 11 rings (SSSR count). The van der Waals surface area contributed by atoms with Gasteiger partial charge >= 0.3 is 0 Å². The van der Waals surface area contributed by atoms with Crippen molar-refractivity contribution >= 4 is 6.21 Å². The van der Waals surface area contributed by atoms with Crippen molar-refractivity contribution in [2.75, 3.05) is 7.05 Å². The van der Waals surface area contributed by atoms with E-state index >= 15 is 0 Å². The van der Waals surface area contributed by atoms with E-state index in [1.165, 1.54) is 94.6 Å². The second-order valence-corrected chi connectivity index (χ2v) is 13.7. The number of nitrogens with zero attached hydrogens (tertiary/aromatic N) is 1. The number of benzene rings is 7. The first-order chi connectivity index (χ1) is 23.8. The van der Waals surface area contributed by atoms with Crippen LogP contribution in [0.15, 0.2) is 157 Å². The highest BCUT2D eigenvalue weighted by Crippen LogP contribution is 2.68. The number of rotatable bonds is 1. The van der Waals surface area contributed by atoms with Gasteiger partial charge in [-0.1, -0.05) is 152 Å². The Morgan fingerprint density at radius 2 is 0.896 bits per heavy atom. The Labute approximate surface area is 280 Å². The Morgan fingerprint density at radius 3 is 1.50 bits per heavy atom. The molecule has 0 aliphatic heterocycles. The van der Waals surface area contributed by atoms with Crippen LogP contribution in [0.1, 0.15) is 61.2 Å². The van der Waals surface area contributed by atoms with Gasteiger partial charge in [-0.2, -0.15) is 0 Å². The lowest BCUT2D eigenvalue weighted by Crippen LogP contribution is -2.43. The third kappa shape index (κ3) is 2.85. The summed E-state index contributed by atoms with van der Waals surface area (Å²) in [6.45, 7) is 0. The van der Waals surface area contributed by atoms with Crippen LogP contribution in [-0.4, -0.2) is 13.3 Å². The molecule has 0 radical (unpaired) electrons. The molecule has 0 bridgehead atoms. The van der Waals surface area contributed by atoms with Crippen LogP contribution in [0.2, 0.25) is 0 Å². The molecule has 0 aromatic heterocycles. The third-order valence-electron chi connectivity index (χ3n) is 11.8. The highest BCUT2D eigenvalue weighted by atomic mass is 14.6. The lowest BCUT2D eigenvalue weighted by atomic mass is 9.52. The Kier molecular flexibility index (Phi) is 5.03. The average molecular weight is 610 g/mol. The topological polar surface area (TPSA) is 12.4 Å². The average Bonchev–Trinajstić information content (AvgIpc) is 3.77. The summed E-state index contributed by atoms with van der Waals surface area (Å²) in [4.78, 5) is 4.59. The van der Waals surface area contributed by atoms with Gasteiger partial charge in [0.05, 0.1) is 10.8 Å². The van der Waals surface area contributed by atoms with Crippen LogP contribution in [-0.2, 0) is 17.3 Å². The first kappa shape index (κ1) is 26.3. The van der Waals surface area contributed by atoms with Gasteiger partial charge in [0.2, 0.25) is 0 Å². The van der Waals surface area contributed by atoms with Crippen LogP contribution in [0, 0.1) is 0 Å². The number of aliphatic imine (C=N–C) groups is 1. The zero-order chi connectivity index (χ0) is 31.6.